The van der Waals surface area contributed by atoms with E-state index in [1.807, 2.05) is 24.0 Å². The molecule has 102 valence electrons. The Hall–Kier alpha value is -1.33. The van der Waals surface area contributed by atoms with Crippen molar-refractivity contribution in [2.45, 2.75) is 17.1 Å². The number of carbonyl (C=O) groups excluding carboxylic acids is 2. The Labute approximate surface area is 117 Å². The van der Waals surface area contributed by atoms with E-state index in [1.54, 1.807) is 12.1 Å². The molecule has 1 aliphatic rings. The van der Waals surface area contributed by atoms with Crippen molar-refractivity contribution in [3.63, 3.8) is 0 Å². The van der Waals surface area contributed by atoms with Crippen molar-refractivity contribution in [2.24, 2.45) is 0 Å². The van der Waals surface area contributed by atoms with Crippen LogP contribution in [0.4, 0.5) is 0 Å². The van der Waals surface area contributed by atoms with Gasteiger partial charge in [0.05, 0.1) is 18.5 Å². The van der Waals surface area contributed by atoms with E-state index in [0.29, 0.717) is 31.9 Å². The zero-order valence-corrected chi connectivity index (χ0v) is 11.7. The summed E-state index contributed by atoms with van der Waals surface area (Å²) in [4.78, 5) is 25.6. The standard InChI is InChI=1S/C14H17NO3S/c1-11(14(17)15-6-8-18-9-7-15)19-13-4-2-12(10-16)3-5-13/h2-5,10-11H,6-9H2,1H3. The zero-order chi connectivity index (χ0) is 13.7. The van der Waals surface area contributed by atoms with Crippen LogP contribution in [-0.4, -0.2) is 48.6 Å². The lowest BCUT2D eigenvalue weighted by atomic mass is 10.2. The van der Waals surface area contributed by atoms with Crippen molar-refractivity contribution in [1.29, 1.82) is 0 Å². The van der Waals surface area contributed by atoms with Gasteiger partial charge in [-0.1, -0.05) is 12.1 Å². The van der Waals surface area contributed by atoms with E-state index < -0.39 is 0 Å². The summed E-state index contributed by atoms with van der Waals surface area (Å²) in [5, 5.41) is -0.125. The molecule has 0 saturated carbocycles. The smallest absolute Gasteiger partial charge is 0.235 e. The maximum atomic E-state index is 12.2. The van der Waals surface area contributed by atoms with Crippen molar-refractivity contribution in [3.05, 3.63) is 29.8 Å². The molecule has 4 nitrogen and oxygen atoms in total. The van der Waals surface area contributed by atoms with Gasteiger partial charge in [0, 0.05) is 23.5 Å². The fourth-order valence-corrected chi connectivity index (χ4v) is 2.87. The largest absolute Gasteiger partial charge is 0.378 e. The molecule has 0 N–H and O–H groups in total. The van der Waals surface area contributed by atoms with Gasteiger partial charge in [-0.2, -0.15) is 0 Å². The highest BCUT2D eigenvalue weighted by atomic mass is 32.2. The topological polar surface area (TPSA) is 46.6 Å². The summed E-state index contributed by atoms with van der Waals surface area (Å²) >= 11 is 1.52. The molecule has 0 aliphatic carbocycles. The van der Waals surface area contributed by atoms with Gasteiger partial charge in [-0.25, -0.2) is 0 Å². The number of carbonyl (C=O) groups is 2. The number of amides is 1. The van der Waals surface area contributed by atoms with Crippen molar-refractivity contribution in [1.82, 2.24) is 4.90 Å². The fourth-order valence-electron chi connectivity index (χ4n) is 1.92. The van der Waals surface area contributed by atoms with Crippen LogP contribution in [0.15, 0.2) is 29.2 Å². The molecule has 0 radical (unpaired) electrons. The predicted molar refractivity (Wildman–Crippen MR) is 74.5 cm³/mol. The molecule has 1 atom stereocenters. The van der Waals surface area contributed by atoms with Gasteiger partial charge >= 0.3 is 0 Å². The van der Waals surface area contributed by atoms with Crippen molar-refractivity contribution >= 4 is 24.0 Å². The third kappa shape index (κ3) is 3.81. The molecule has 0 aromatic heterocycles. The second-order valence-corrected chi connectivity index (χ2v) is 5.80. The number of rotatable bonds is 4. The first-order chi connectivity index (χ1) is 9.20. The molecule has 5 heteroatoms. The number of morpholine rings is 1. The normalized spacial score (nSPS) is 17.0. The number of ether oxygens (including phenoxy) is 1. The third-order valence-corrected chi connectivity index (χ3v) is 4.10. The Morgan fingerprint density at radius 1 is 1.32 bits per heavy atom. The van der Waals surface area contributed by atoms with Gasteiger partial charge in [-0.3, -0.25) is 9.59 Å². The van der Waals surface area contributed by atoms with E-state index >= 15 is 0 Å². The fraction of sp³-hybridized carbons (Fsp3) is 0.429. The average molecular weight is 279 g/mol. The van der Waals surface area contributed by atoms with Gasteiger partial charge in [0.2, 0.25) is 5.91 Å². The second kappa shape index (κ2) is 6.73. The first-order valence-corrected chi connectivity index (χ1v) is 7.17. The number of hydrogen-bond acceptors (Lipinski definition) is 4. The molecule has 2 rings (SSSR count). The summed E-state index contributed by atoms with van der Waals surface area (Å²) < 4.78 is 5.24. The van der Waals surface area contributed by atoms with Crippen LogP contribution in [0.25, 0.3) is 0 Å². The highest BCUT2D eigenvalue weighted by molar-refractivity contribution is 8.00. The van der Waals surface area contributed by atoms with Crippen LogP contribution >= 0.6 is 11.8 Å². The van der Waals surface area contributed by atoms with Crippen molar-refractivity contribution in [2.75, 3.05) is 26.3 Å². The van der Waals surface area contributed by atoms with E-state index in [2.05, 4.69) is 0 Å². The third-order valence-electron chi connectivity index (χ3n) is 3.00. The van der Waals surface area contributed by atoms with Gasteiger partial charge in [-0.05, 0) is 19.1 Å². The Morgan fingerprint density at radius 2 is 1.95 bits per heavy atom. The molecular weight excluding hydrogens is 262 g/mol. The minimum Gasteiger partial charge on any atom is -0.378 e. The second-order valence-electron chi connectivity index (χ2n) is 4.38. The Bertz CT molecular complexity index is 441. The lowest BCUT2D eigenvalue weighted by Crippen LogP contribution is -2.44. The lowest BCUT2D eigenvalue weighted by molar-refractivity contribution is -0.134. The van der Waals surface area contributed by atoms with Gasteiger partial charge in [0.15, 0.2) is 0 Å². The Kier molecular flexibility index (Phi) is 4.99. The molecule has 1 aromatic carbocycles. The van der Waals surface area contributed by atoms with Gasteiger partial charge in [-0.15, -0.1) is 11.8 Å². The summed E-state index contributed by atoms with van der Waals surface area (Å²) in [6.45, 7) is 4.51. The number of hydrogen-bond donors (Lipinski definition) is 0. The molecule has 0 bridgehead atoms. The first kappa shape index (κ1) is 14.1. The molecule has 1 aliphatic heterocycles. The summed E-state index contributed by atoms with van der Waals surface area (Å²) in [6.07, 6.45) is 0.816. The molecule has 1 aromatic rings. The number of nitrogens with zero attached hydrogens (tertiary/aromatic N) is 1. The molecule has 19 heavy (non-hydrogen) atoms. The van der Waals surface area contributed by atoms with E-state index in [1.165, 1.54) is 11.8 Å². The maximum absolute atomic E-state index is 12.2. The molecule has 1 fully saturated rings. The Morgan fingerprint density at radius 3 is 2.53 bits per heavy atom. The molecule has 1 unspecified atom stereocenters. The van der Waals surface area contributed by atoms with Crippen LogP contribution in [-0.2, 0) is 9.53 Å². The van der Waals surface area contributed by atoms with Crippen molar-refractivity contribution in [3.8, 4) is 0 Å². The lowest BCUT2D eigenvalue weighted by Gasteiger charge is -2.29. The molecule has 1 heterocycles. The summed E-state index contributed by atoms with van der Waals surface area (Å²) in [7, 11) is 0. The summed E-state index contributed by atoms with van der Waals surface area (Å²) in [5.74, 6) is 0.146. The number of aldehydes is 1. The van der Waals surface area contributed by atoms with Crippen LogP contribution in [0.5, 0.6) is 0 Å². The molecule has 0 spiro atoms. The van der Waals surface area contributed by atoms with Crippen molar-refractivity contribution < 1.29 is 14.3 Å². The molecule has 1 saturated heterocycles. The van der Waals surface area contributed by atoms with Crippen LogP contribution in [0, 0.1) is 0 Å². The van der Waals surface area contributed by atoms with Crippen LogP contribution in [0.3, 0.4) is 0 Å². The highest BCUT2D eigenvalue weighted by Gasteiger charge is 2.22. The van der Waals surface area contributed by atoms with Crippen LogP contribution in [0.2, 0.25) is 0 Å². The highest BCUT2D eigenvalue weighted by Crippen LogP contribution is 2.24. The monoisotopic (exact) mass is 279 g/mol. The average Bonchev–Trinajstić information content (AvgIpc) is 2.48. The number of thioether (sulfide) groups is 1. The minimum atomic E-state index is -0.125. The molecule has 1 amide bonds. The summed E-state index contributed by atoms with van der Waals surface area (Å²) in [5.41, 5.74) is 0.650. The van der Waals surface area contributed by atoms with Crippen LogP contribution < -0.4 is 0 Å². The first-order valence-electron chi connectivity index (χ1n) is 6.29. The zero-order valence-electron chi connectivity index (χ0n) is 10.9. The number of benzene rings is 1. The SMILES string of the molecule is CC(Sc1ccc(C=O)cc1)C(=O)N1CCOCC1. The van der Waals surface area contributed by atoms with Gasteiger partial charge < -0.3 is 9.64 Å². The van der Waals surface area contributed by atoms with E-state index in [0.717, 1.165) is 11.2 Å². The van der Waals surface area contributed by atoms with E-state index in [9.17, 15) is 9.59 Å². The summed E-state index contributed by atoms with van der Waals surface area (Å²) in [6, 6.07) is 7.28. The predicted octanol–water partition coefficient (Wildman–Crippen LogP) is 1.84. The minimum absolute atomic E-state index is 0.125. The van der Waals surface area contributed by atoms with E-state index in [-0.39, 0.29) is 11.2 Å². The van der Waals surface area contributed by atoms with Crippen LogP contribution in [0.1, 0.15) is 17.3 Å². The van der Waals surface area contributed by atoms with E-state index in [4.69, 9.17) is 4.74 Å². The molecular formula is C14H17NO3S. The van der Waals surface area contributed by atoms with Gasteiger partial charge in [0.25, 0.3) is 0 Å². The Balaban J connectivity index is 1.93. The van der Waals surface area contributed by atoms with Gasteiger partial charge in [0.1, 0.15) is 6.29 Å². The maximum Gasteiger partial charge on any atom is 0.235 e. The quantitative estimate of drug-likeness (QED) is 0.623.